The van der Waals surface area contributed by atoms with E-state index in [9.17, 15) is 8.78 Å². The Hall–Kier alpha value is -2.32. The molecule has 0 radical (unpaired) electrons. The lowest BCUT2D eigenvalue weighted by Gasteiger charge is -2.21. The van der Waals surface area contributed by atoms with Gasteiger partial charge in [-0.15, -0.1) is 0 Å². The van der Waals surface area contributed by atoms with Gasteiger partial charge in [-0.05, 0) is 53.6 Å². The third-order valence-corrected chi connectivity index (χ3v) is 5.18. The van der Waals surface area contributed by atoms with Crippen molar-refractivity contribution in [2.75, 3.05) is 26.6 Å². The molecule has 2 aromatic rings. The molecule has 0 fully saturated rings. The second kappa shape index (κ2) is 10.5. The molecule has 2 N–H and O–H groups in total. The quantitative estimate of drug-likeness (QED) is 0.529. The van der Waals surface area contributed by atoms with Crippen molar-refractivity contribution in [3.8, 4) is 5.75 Å². The van der Waals surface area contributed by atoms with Gasteiger partial charge >= 0.3 is 0 Å². The number of guanidine groups is 1. The maximum Gasteiger partial charge on any atom is 0.191 e. The number of nitrogens with zero attached hydrogens (tertiary/aromatic N) is 1. The molecule has 5 nitrogen and oxygen atoms in total. The Kier molecular flexibility index (Phi) is 7.71. The zero-order chi connectivity index (χ0) is 20.6. The second-order valence-electron chi connectivity index (χ2n) is 6.61. The Labute approximate surface area is 173 Å². The Morgan fingerprint density at radius 1 is 1.10 bits per heavy atom. The van der Waals surface area contributed by atoms with Crippen molar-refractivity contribution in [3.63, 3.8) is 0 Å². The zero-order valence-corrected chi connectivity index (χ0v) is 17.4. The van der Waals surface area contributed by atoms with E-state index in [4.69, 9.17) is 9.47 Å². The average Bonchev–Trinajstić information content (AvgIpc) is 2.71. The fraction of sp³-hybridized carbons (Fsp3) is 0.381. The molecule has 0 bridgehead atoms. The van der Waals surface area contributed by atoms with Crippen LogP contribution in [0.15, 0.2) is 35.3 Å². The number of thioether (sulfide) groups is 1. The van der Waals surface area contributed by atoms with Crippen LogP contribution >= 0.6 is 11.8 Å². The van der Waals surface area contributed by atoms with Crippen molar-refractivity contribution in [2.45, 2.75) is 25.3 Å². The molecule has 0 unspecified atom stereocenters. The lowest BCUT2D eigenvalue weighted by molar-refractivity contribution is -0.0172. The first kappa shape index (κ1) is 21.4. The smallest absolute Gasteiger partial charge is 0.191 e. The third-order valence-electron chi connectivity index (χ3n) is 4.58. The highest BCUT2D eigenvalue weighted by molar-refractivity contribution is 7.97. The minimum absolute atomic E-state index is 0.179. The van der Waals surface area contributed by atoms with Crippen LogP contribution in [0.1, 0.15) is 22.3 Å². The summed E-state index contributed by atoms with van der Waals surface area (Å²) in [6.45, 7) is 1.62. The van der Waals surface area contributed by atoms with Gasteiger partial charge < -0.3 is 20.1 Å². The Morgan fingerprint density at radius 2 is 1.93 bits per heavy atom. The second-order valence-corrected chi connectivity index (χ2v) is 7.48. The molecule has 2 aromatic carbocycles. The molecule has 0 aromatic heterocycles. The highest BCUT2D eigenvalue weighted by atomic mass is 32.2. The largest absolute Gasteiger partial charge is 0.467 e. The predicted molar refractivity (Wildman–Crippen MR) is 112 cm³/mol. The maximum atomic E-state index is 13.8. The summed E-state index contributed by atoms with van der Waals surface area (Å²) in [5, 5.41) is 6.47. The summed E-state index contributed by atoms with van der Waals surface area (Å²) in [6.07, 6.45) is 2.57. The number of halogens is 2. The SMILES string of the molecule is CN=C(NCCc1cc(F)cc2c1OCOC2)NCc1ccc(F)cc1CSC. The summed E-state index contributed by atoms with van der Waals surface area (Å²) < 4.78 is 38.1. The van der Waals surface area contributed by atoms with Crippen LogP contribution in [0.3, 0.4) is 0 Å². The molecule has 1 heterocycles. The lowest BCUT2D eigenvalue weighted by atomic mass is 10.1. The fourth-order valence-electron chi connectivity index (χ4n) is 3.21. The molecule has 0 saturated heterocycles. The molecule has 1 aliphatic heterocycles. The summed E-state index contributed by atoms with van der Waals surface area (Å²) in [4.78, 5) is 4.22. The average molecular weight is 422 g/mol. The van der Waals surface area contributed by atoms with Gasteiger partial charge in [-0.3, -0.25) is 4.99 Å². The van der Waals surface area contributed by atoms with E-state index in [0.29, 0.717) is 37.8 Å². The number of fused-ring (bicyclic) bond motifs is 1. The minimum atomic E-state index is -0.298. The van der Waals surface area contributed by atoms with Gasteiger partial charge in [-0.1, -0.05) is 6.07 Å². The van der Waals surface area contributed by atoms with E-state index in [1.807, 2.05) is 6.26 Å². The number of ether oxygens (including phenoxy) is 2. The van der Waals surface area contributed by atoms with E-state index in [2.05, 4.69) is 15.6 Å². The summed E-state index contributed by atoms with van der Waals surface area (Å²) in [5.41, 5.74) is 3.51. The Bertz CT molecular complexity index is 877. The van der Waals surface area contributed by atoms with Crippen LogP contribution in [0, 0.1) is 11.6 Å². The van der Waals surface area contributed by atoms with Gasteiger partial charge in [0.2, 0.25) is 0 Å². The van der Waals surface area contributed by atoms with Gasteiger partial charge in [0.1, 0.15) is 17.4 Å². The summed E-state index contributed by atoms with van der Waals surface area (Å²) in [7, 11) is 1.69. The first-order chi connectivity index (χ1) is 14.1. The molecule has 1 aliphatic rings. The molecule has 8 heteroatoms. The van der Waals surface area contributed by atoms with Crippen molar-refractivity contribution in [2.24, 2.45) is 4.99 Å². The molecule has 0 spiro atoms. The van der Waals surface area contributed by atoms with Crippen LogP contribution in [0.25, 0.3) is 0 Å². The van der Waals surface area contributed by atoms with Gasteiger partial charge in [0.05, 0.1) is 6.61 Å². The van der Waals surface area contributed by atoms with E-state index in [1.54, 1.807) is 30.9 Å². The first-order valence-corrected chi connectivity index (χ1v) is 10.7. The molecule has 156 valence electrons. The Morgan fingerprint density at radius 3 is 2.72 bits per heavy atom. The molecule has 0 amide bonds. The van der Waals surface area contributed by atoms with Crippen molar-refractivity contribution in [3.05, 3.63) is 64.2 Å². The van der Waals surface area contributed by atoms with Crippen molar-refractivity contribution in [1.29, 1.82) is 0 Å². The number of benzene rings is 2. The van der Waals surface area contributed by atoms with Crippen LogP contribution in [0.4, 0.5) is 8.78 Å². The highest BCUT2D eigenvalue weighted by Crippen LogP contribution is 2.29. The number of rotatable bonds is 7. The molecule has 0 saturated carbocycles. The predicted octanol–water partition coefficient (Wildman–Crippen LogP) is 3.60. The van der Waals surface area contributed by atoms with Crippen LogP contribution in [0.2, 0.25) is 0 Å². The molecule has 0 aliphatic carbocycles. The van der Waals surface area contributed by atoms with Gasteiger partial charge in [-0.2, -0.15) is 11.8 Å². The van der Waals surface area contributed by atoms with Gasteiger partial charge in [0, 0.05) is 31.5 Å². The third kappa shape index (κ3) is 5.83. The molecular formula is C21H25F2N3O2S. The number of nitrogens with one attached hydrogen (secondary N) is 2. The van der Waals surface area contributed by atoms with Crippen LogP contribution in [-0.4, -0.2) is 32.6 Å². The topological polar surface area (TPSA) is 54.9 Å². The number of hydrogen-bond donors (Lipinski definition) is 2. The number of hydrogen-bond acceptors (Lipinski definition) is 4. The summed E-state index contributed by atoms with van der Waals surface area (Å²) in [6, 6.07) is 7.77. The van der Waals surface area contributed by atoms with E-state index >= 15 is 0 Å². The van der Waals surface area contributed by atoms with E-state index in [-0.39, 0.29) is 18.4 Å². The standard InChI is InChI=1S/C21H25F2N3O2S/c1-24-21(26-10-15-3-4-18(22)9-17(15)12-29-2)25-6-5-14-7-19(23)8-16-11-27-13-28-20(14)16/h3-4,7-9H,5-6,10-13H2,1-2H3,(H2,24,25,26). The normalized spacial score (nSPS) is 13.6. The summed E-state index contributed by atoms with van der Waals surface area (Å²) in [5.74, 6) is 1.54. The zero-order valence-electron chi connectivity index (χ0n) is 16.6. The van der Waals surface area contributed by atoms with Crippen LogP contribution in [0.5, 0.6) is 5.75 Å². The summed E-state index contributed by atoms with van der Waals surface area (Å²) >= 11 is 1.65. The van der Waals surface area contributed by atoms with E-state index < -0.39 is 0 Å². The highest BCUT2D eigenvalue weighted by Gasteiger charge is 2.16. The van der Waals surface area contributed by atoms with Crippen LogP contribution < -0.4 is 15.4 Å². The van der Waals surface area contributed by atoms with Crippen molar-refractivity contribution in [1.82, 2.24) is 10.6 Å². The van der Waals surface area contributed by atoms with E-state index in [1.165, 1.54) is 18.2 Å². The van der Waals surface area contributed by atoms with Gasteiger partial charge in [0.25, 0.3) is 0 Å². The lowest BCUT2D eigenvalue weighted by Crippen LogP contribution is -2.38. The molecule has 29 heavy (non-hydrogen) atoms. The minimum Gasteiger partial charge on any atom is -0.467 e. The molecule has 0 atom stereocenters. The monoisotopic (exact) mass is 421 g/mol. The van der Waals surface area contributed by atoms with Crippen molar-refractivity contribution >= 4 is 17.7 Å². The number of aliphatic imine (C=N–C) groups is 1. The molecular weight excluding hydrogens is 396 g/mol. The van der Waals surface area contributed by atoms with Gasteiger partial charge in [0.15, 0.2) is 12.8 Å². The first-order valence-electron chi connectivity index (χ1n) is 9.33. The molecule has 3 rings (SSSR count). The maximum absolute atomic E-state index is 13.8. The Balaban J connectivity index is 1.56. The van der Waals surface area contributed by atoms with Crippen molar-refractivity contribution < 1.29 is 18.3 Å². The van der Waals surface area contributed by atoms with Crippen LogP contribution in [-0.2, 0) is 30.1 Å². The van der Waals surface area contributed by atoms with E-state index in [0.717, 1.165) is 28.0 Å². The van der Waals surface area contributed by atoms with Gasteiger partial charge in [-0.25, -0.2) is 8.78 Å². The fourth-order valence-corrected chi connectivity index (χ4v) is 3.79.